The van der Waals surface area contributed by atoms with E-state index in [1.807, 2.05) is 0 Å². The van der Waals surface area contributed by atoms with Gasteiger partial charge in [0.2, 0.25) is 17.2 Å². The maximum absolute atomic E-state index is 13.6. The summed E-state index contributed by atoms with van der Waals surface area (Å²) in [5.41, 5.74) is 0. The summed E-state index contributed by atoms with van der Waals surface area (Å²) in [5, 5.41) is 0. The molecule has 0 radical (unpaired) electrons. The maximum atomic E-state index is 13.6. The summed E-state index contributed by atoms with van der Waals surface area (Å²) >= 11 is 0. The second-order valence-electron chi connectivity index (χ2n) is 7.44. The van der Waals surface area contributed by atoms with Gasteiger partial charge in [-0.3, -0.25) is 0 Å². The topological polar surface area (TPSA) is 46.2 Å². The van der Waals surface area contributed by atoms with E-state index in [9.17, 15) is 110 Å². The SMILES string of the molecule is FC(F)(F)C(F)(F)Oc1cc(OC(F)(F)C(F)(F)F)c(OC(F)(F)C(F)(F)F)c(OC(F)(F)C(F)(F)F)c1OC(F)(F)C(F)(F)F. The molecular formula is C16HF25O5. The molecule has 0 aromatic heterocycles. The van der Waals surface area contributed by atoms with Gasteiger partial charge in [0, 0.05) is 6.07 Å². The zero-order valence-electron chi connectivity index (χ0n) is 19.6. The van der Waals surface area contributed by atoms with Gasteiger partial charge in [0.05, 0.1) is 0 Å². The van der Waals surface area contributed by atoms with E-state index in [-0.39, 0.29) is 0 Å². The van der Waals surface area contributed by atoms with Crippen molar-refractivity contribution in [2.75, 3.05) is 0 Å². The Morgan fingerprint density at radius 1 is 0.261 bits per heavy atom. The molecule has 0 amide bonds. The third-order valence-electron chi connectivity index (χ3n) is 3.94. The quantitative estimate of drug-likeness (QED) is 0.224. The molecule has 0 aliphatic heterocycles. The van der Waals surface area contributed by atoms with Crippen molar-refractivity contribution in [1.29, 1.82) is 0 Å². The average molecular weight is 748 g/mol. The van der Waals surface area contributed by atoms with Crippen molar-refractivity contribution in [2.45, 2.75) is 61.4 Å². The van der Waals surface area contributed by atoms with Crippen LogP contribution in [-0.2, 0) is 0 Å². The van der Waals surface area contributed by atoms with Crippen LogP contribution in [0.2, 0.25) is 0 Å². The lowest BCUT2D eigenvalue weighted by atomic mass is 10.2. The van der Waals surface area contributed by atoms with Crippen molar-refractivity contribution in [3.63, 3.8) is 0 Å². The highest BCUT2D eigenvalue weighted by Gasteiger charge is 2.68. The molecule has 0 atom stereocenters. The number of rotatable bonds is 10. The molecule has 270 valence electrons. The molecule has 0 N–H and O–H groups in total. The highest BCUT2D eigenvalue weighted by molar-refractivity contribution is 5.66. The third-order valence-corrected chi connectivity index (χ3v) is 3.94. The van der Waals surface area contributed by atoms with Gasteiger partial charge in [0.1, 0.15) is 0 Å². The van der Waals surface area contributed by atoms with Crippen LogP contribution in [0.15, 0.2) is 6.07 Å². The Balaban J connectivity index is 4.63. The first-order valence-corrected chi connectivity index (χ1v) is 9.59. The van der Waals surface area contributed by atoms with Crippen molar-refractivity contribution < 1.29 is 133 Å². The van der Waals surface area contributed by atoms with Crippen LogP contribution in [0.4, 0.5) is 110 Å². The van der Waals surface area contributed by atoms with Gasteiger partial charge in [-0.1, -0.05) is 0 Å². The minimum Gasteiger partial charge on any atom is -0.421 e. The van der Waals surface area contributed by atoms with Crippen molar-refractivity contribution >= 4 is 0 Å². The molecule has 30 heteroatoms. The number of hydrogen-bond acceptors (Lipinski definition) is 5. The first kappa shape index (κ1) is 40.5. The monoisotopic (exact) mass is 748 g/mol. The Bertz CT molecular complexity index is 1160. The van der Waals surface area contributed by atoms with Crippen LogP contribution < -0.4 is 23.7 Å². The first-order valence-electron chi connectivity index (χ1n) is 9.59. The van der Waals surface area contributed by atoms with Crippen LogP contribution in [0.3, 0.4) is 0 Å². The molecule has 0 saturated carbocycles. The Morgan fingerprint density at radius 2 is 0.435 bits per heavy atom. The van der Waals surface area contributed by atoms with Crippen molar-refractivity contribution in [2.24, 2.45) is 0 Å². The van der Waals surface area contributed by atoms with Crippen molar-refractivity contribution in [3.05, 3.63) is 6.07 Å². The van der Waals surface area contributed by atoms with E-state index in [2.05, 4.69) is 23.7 Å². The van der Waals surface area contributed by atoms with Gasteiger partial charge in [-0.15, -0.1) is 0 Å². The van der Waals surface area contributed by atoms with E-state index in [1.165, 1.54) is 0 Å². The second kappa shape index (κ2) is 11.3. The van der Waals surface area contributed by atoms with Gasteiger partial charge in [-0.25, -0.2) is 0 Å². The number of benzene rings is 1. The third kappa shape index (κ3) is 8.43. The largest absolute Gasteiger partial charge is 0.499 e. The molecule has 0 bridgehead atoms. The summed E-state index contributed by atoms with van der Waals surface area (Å²) in [6.07, 6.45) is -74.0. The molecule has 46 heavy (non-hydrogen) atoms. The van der Waals surface area contributed by atoms with E-state index >= 15 is 0 Å². The summed E-state index contributed by atoms with van der Waals surface area (Å²) in [7, 11) is 0. The number of halogens is 25. The van der Waals surface area contributed by atoms with Crippen LogP contribution in [0.25, 0.3) is 0 Å². The van der Waals surface area contributed by atoms with E-state index in [0.29, 0.717) is 0 Å². The predicted octanol–water partition coefficient (Wildman–Crippen LogP) is 9.36. The van der Waals surface area contributed by atoms with Crippen molar-refractivity contribution in [3.8, 4) is 28.7 Å². The molecule has 0 unspecified atom stereocenters. The molecule has 0 saturated heterocycles. The van der Waals surface area contributed by atoms with Gasteiger partial charge in [-0.05, 0) is 0 Å². The Morgan fingerprint density at radius 3 is 0.630 bits per heavy atom. The first-order chi connectivity index (χ1) is 19.7. The second-order valence-corrected chi connectivity index (χ2v) is 7.44. The summed E-state index contributed by atoms with van der Waals surface area (Å²) in [6, 6.07) is -1.92. The average Bonchev–Trinajstić information content (AvgIpc) is 2.74. The number of hydrogen-bond donors (Lipinski definition) is 0. The van der Waals surface area contributed by atoms with E-state index < -0.39 is 96.2 Å². The maximum Gasteiger partial charge on any atom is 0.499 e. The van der Waals surface area contributed by atoms with E-state index in [1.54, 1.807) is 0 Å². The van der Waals surface area contributed by atoms with Crippen LogP contribution >= 0.6 is 0 Å². The predicted molar refractivity (Wildman–Crippen MR) is 84.6 cm³/mol. The fraction of sp³-hybridized carbons (Fsp3) is 0.625. The van der Waals surface area contributed by atoms with Crippen LogP contribution in [0.5, 0.6) is 28.7 Å². The van der Waals surface area contributed by atoms with Crippen LogP contribution in [0.1, 0.15) is 0 Å². The van der Waals surface area contributed by atoms with Gasteiger partial charge in [-0.2, -0.15) is 110 Å². The zero-order chi connectivity index (χ0) is 37.1. The molecule has 0 aliphatic carbocycles. The fourth-order valence-corrected chi connectivity index (χ4v) is 1.96. The smallest absolute Gasteiger partial charge is 0.421 e. The van der Waals surface area contributed by atoms with E-state index in [0.717, 1.165) is 0 Å². The summed E-state index contributed by atoms with van der Waals surface area (Å²) in [6.45, 7) is 0. The Hall–Kier alpha value is -3.53. The molecule has 1 rings (SSSR count). The molecule has 0 fully saturated rings. The summed E-state index contributed by atoms with van der Waals surface area (Å²) < 4.78 is 336. The van der Waals surface area contributed by atoms with E-state index in [4.69, 9.17) is 0 Å². The molecule has 0 heterocycles. The molecular weight excluding hydrogens is 747 g/mol. The normalized spacial score (nSPS) is 15.1. The zero-order valence-corrected chi connectivity index (χ0v) is 19.6. The van der Waals surface area contributed by atoms with Crippen LogP contribution in [0, 0.1) is 0 Å². The molecule has 0 spiro atoms. The van der Waals surface area contributed by atoms with Gasteiger partial charge < -0.3 is 23.7 Å². The molecule has 0 aliphatic rings. The highest BCUT2D eigenvalue weighted by Crippen LogP contribution is 2.59. The van der Waals surface area contributed by atoms with Crippen LogP contribution in [-0.4, -0.2) is 61.4 Å². The summed E-state index contributed by atoms with van der Waals surface area (Å²) in [4.78, 5) is 0. The number of ether oxygens (including phenoxy) is 5. The Labute approximate surface area is 231 Å². The molecule has 1 aromatic carbocycles. The minimum atomic E-state index is -7.54. The highest BCUT2D eigenvalue weighted by atomic mass is 19.5. The van der Waals surface area contributed by atoms with Gasteiger partial charge in [0.25, 0.3) is 0 Å². The van der Waals surface area contributed by atoms with Gasteiger partial charge in [0.15, 0.2) is 11.5 Å². The lowest BCUT2D eigenvalue weighted by Gasteiger charge is -2.31. The lowest BCUT2D eigenvalue weighted by molar-refractivity contribution is -0.375. The minimum absolute atomic E-state index is 1.92. The molecule has 5 nitrogen and oxygen atoms in total. The Kier molecular flexibility index (Phi) is 9.96. The van der Waals surface area contributed by atoms with Gasteiger partial charge >= 0.3 is 61.4 Å². The van der Waals surface area contributed by atoms with Crippen molar-refractivity contribution in [1.82, 2.24) is 0 Å². The number of alkyl halides is 25. The fourth-order valence-electron chi connectivity index (χ4n) is 1.96. The standard InChI is InChI=1S/C16HF25O5/c17-7(18,19)12(32,33)42-2-1-3(43-13(34,35)8(20,21)22)5(45-15(38,39)10(26,27)28)6(46-16(40,41)11(29,30)31)4(2)44-14(36,37)9(23,24)25/h1H. The summed E-state index contributed by atoms with van der Waals surface area (Å²) in [5.74, 6) is -20.2. The lowest BCUT2D eigenvalue weighted by Crippen LogP contribution is -2.46. The molecule has 1 aromatic rings.